The molecule has 1 aromatic carbocycles. The number of nitrogens with zero attached hydrogens (tertiary/aromatic N) is 2. The lowest BCUT2D eigenvalue weighted by Crippen LogP contribution is -2.12. The Labute approximate surface area is 148 Å². The first-order valence-electron chi connectivity index (χ1n) is 7.60. The molecule has 0 fully saturated rings. The summed E-state index contributed by atoms with van der Waals surface area (Å²) < 4.78 is 0. The molecule has 1 atom stereocenters. The molecule has 0 radical (unpaired) electrons. The molecule has 6 heteroatoms. The van der Waals surface area contributed by atoms with Crippen molar-refractivity contribution in [1.82, 2.24) is 9.97 Å². The second-order valence-corrected chi connectivity index (χ2v) is 8.21. The molecule has 0 aliphatic carbocycles. The summed E-state index contributed by atoms with van der Waals surface area (Å²) in [4.78, 5) is 21.9. The van der Waals surface area contributed by atoms with Gasteiger partial charge in [-0.25, -0.2) is 4.98 Å². The highest BCUT2D eigenvalue weighted by molar-refractivity contribution is 7.98. The number of aromatic nitrogens is 2. The molecule has 0 aliphatic rings. The summed E-state index contributed by atoms with van der Waals surface area (Å²) in [5.41, 5.74) is 2.78. The number of nitriles is 1. The normalized spacial score (nSPS) is 12.2. The number of aryl methyl sites for hydroxylation is 2. The summed E-state index contributed by atoms with van der Waals surface area (Å²) >= 11 is 3.29. The van der Waals surface area contributed by atoms with E-state index in [0.29, 0.717) is 16.8 Å². The number of rotatable bonds is 4. The van der Waals surface area contributed by atoms with Crippen molar-refractivity contribution < 1.29 is 0 Å². The quantitative estimate of drug-likeness (QED) is 0.750. The Balaban J connectivity index is 1.79. The number of fused-ring (bicyclic) bond motifs is 1. The molecule has 24 heavy (non-hydrogen) atoms. The van der Waals surface area contributed by atoms with E-state index in [2.05, 4.69) is 16.0 Å². The van der Waals surface area contributed by atoms with E-state index in [1.54, 1.807) is 23.1 Å². The fourth-order valence-corrected chi connectivity index (χ4v) is 4.38. The fourth-order valence-electron chi connectivity index (χ4n) is 2.44. The molecule has 1 N–H and O–H groups in total. The van der Waals surface area contributed by atoms with E-state index in [9.17, 15) is 4.79 Å². The summed E-state index contributed by atoms with van der Waals surface area (Å²) in [7, 11) is 0. The van der Waals surface area contributed by atoms with E-state index < -0.39 is 0 Å². The van der Waals surface area contributed by atoms with Crippen LogP contribution in [-0.2, 0) is 5.75 Å². The molecule has 0 bridgehead atoms. The van der Waals surface area contributed by atoms with Crippen LogP contribution in [0.1, 0.15) is 39.6 Å². The van der Waals surface area contributed by atoms with E-state index in [-0.39, 0.29) is 10.8 Å². The van der Waals surface area contributed by atoms with Crippen molar-refractivity contribution >= 4 is 33.3 Å². The standard InChI is InChI=1S/C18H17N3OS2/c1-10-11(2)24-18-15(10)17(22)20-16(21-18)12(3)23-9-14-6-4-13(8-19)5-7-14/h4-7,12H,9H2,1-3H3,(H,20,21,22). The van der Waals surface area contributed by atoms with Gasteiger partial charge in [-0.1, -0.05) is 12.1 Å². The molecular weight excluding hydrogens is 338 g/mol. The van der Waals surface area contributed by atoms with Gasteiger partial charge in [-0.15, -0.1) is 23.1 Å². The smallest absolute Gasteiger partial charge is 0.259 e. The molecule has 2 aromatic heterocycles. The second kappa shape index (κ2) is 6.80. The first kappa shape index (κ1) is 16.7. The summed E-state index contributed by atoms with van der Waals surface area (Å²) in [5, 5.41) is 9.63. The molecule has 0 amide bonds. The van der Waals surface area contributed by atoms with Crippen LogP contribution in [0.15, 0.2) is 29.1 Å². The van der Waals surface area contributed by atoms with Gasteiger partial charge in [0.2, 0.25) is 0 Å². The molecule has 4 nitrogen and oxygen atoms in total. The Bertz CT molecular complexity index is 980. The van der Waals surface area contributed by atoms with Gasteiger partial charge in [0.05, 0.1) is 22.3 Å². The van der Waals surface area contributed by atoms with Crippen LogP contribution in [0.2, 0.25) is 0 Å². The summed E-state index contributed by atoms with van der Waals surface area (Å²) in [5.74, 6) is 1.52. The average molecular weight is 355 g/mol. The third-order valence-corrected chi connectivity index (χ3v) is 6.35. The largest absolute Gasteiger partial charge is 0.309 e. The molecule has 122 valence electrons. The van der Waals surface area contributed by atoms with Crippen LogP contribution in [0.5, 0.6) is 0 Å². The average Bonchev–Trinajstić information content (AvgIpc) is 2.87. The zero-order valence-corrected chi connectivity index (χ0v) is 15.3. The van der Waals surface area contributed by atoms with Crippen LogP contribution < -0.4 is 5.56 Å². The van der Waals surface area contributed by atoms with Gasteiger partial charge in [0, 0.05) is 10.6 Å². The molecule has 0 spiro atoms. The lowest BCUT2D eigenvalue weighted by Gasteiger charge is -2.10. The van der Waals surface area contributed by atoms with E-state index in [1.807, 2.05) is 45.0 Å². The SMILES string of the molecule is Cc1sc2nc(C(C)SCc3ccc(C#N)cc3)[nH]c(=O)c2c1C. The lowest BCUT2D eigenvalue weighted by molar-refractivity contribution is 0.925. The number of hydrogen-bond acceptors (Lipinski definition) is 5. The monoisotopic (exact) mass is 355 g/mol. The molecule has 0 saturated carbocycles. The highest BCUT2D eigenvalue weighted by Crippen LogP contribution is 2.31. The maximum atomic E-state index is 12.4. The van der Waals surface area contributed by atoms with Crippen LogP contribution in [0.3, 0.4) is 0 Å². The van der Waals surface area contributed by atoms with Gasteiger partial charge in [0.15, 0.2) is 0 Å². The van der Waals surface area contributed by atoms with Crippen molar-refractivity contribution in [2.24, 2.45) is 0 Å². The number of thiophene rings is 1. The van der Waals surface area contributed by atoms with Gasteiger partial charge in [-0.2, -0.15) is 5.26 Å². The maximum absolute atomic E-state index is 12.4. The molecule has 2 heterocycles. The number of hydrogen-bond donors (Lipinski definition) is 1. The Kier molecular flexibility index (Phi) is 4.74. The maximum Gasteiger partial charge on any atom is 0.259 e. The van der Waals surface area contributed by atoms with Gasteiger partial charge in [-0.3, -0.25) is 4.79 Å². The molecule has 0 aliphatic heterocycles. The van der Waals surface area contributed by atoms with Crippen molar-refractivity contribution in [2.45, 2.75) is 31.8 Å². The topological polar surface area (TPSA) is 69.5 Å². The molecule has 3 aromatic rings. The summed E-state index contributed by atoms with van der Waals surface area (Å²) in [6.07, 6.45) is 0. The predicted octanol–water partition coefficient (Wildman–Crippen LogP) is 4.47. The molecule has 1 unspecified atom stereocenters. The van der Waals surface area contributed by atoms with Crippen LogP contribution in [0.25, 0.3) is 10.2 Å². The predicted molar refractivity (Wildman–Crippen MR) is 101 cm³/mol. The fraction of sp³-hybridized carbons (Fsp3) is 0.278. The number of nitrogens with one attached hydrogen (secondary N) is 1. The zero-order valence-electron chi connectivity index (χ0n) is 13.7. The van der Waals surface area contributed by atoms with Crippen LogP contribution in [0, 0.1) is 25.2 Å². The van der Waals surface area contributed by atoms with E-state index >= 15 is 0 Å². The first-order valence-corrected chi connectivity index (χ1v) is 9.46. The molecule has 3 rings (SSSR count). The van der Waals surface area contributed by atoms with Crippen molar-refractivity contribution in [3.8, 4) is 6.07 Å². The van der Waals surface area contributed by atoms with Gasteiger partial charge in [0.25, 0.3) is 5.56 Å². The molecular formula is C18H17N3OS2. The van der Waals surface area contributed by atoms with E-state index in [0.717, 1.165) is 26.6 Å². The molecule has 0 saturated heterocycles. The number of benzene rings is 1. The van der Waals surface area contributed by atoms with Gasteiger partial charge < -0.3 is 4.98 Å². The first-order chi connectivity index (χ1) is 11.5. The minimum absolute atomic E-state index is 0.0531. The van der Waals surface area contributed by atoms with Gasteiger partial charge in [-0.05, 0) is 44.0 Å². The Morgan fingerprint density at radius 1 is 1.33 bits per heavy atom. The van der Waals surface area contributed by atoms with Crippen LogP contribution in [-0.4, -0.2) is 9.97 Å². The lowest BCUT2D eigenvalue weighted by atomic mass is 10.2. The third-order valence-electron chi connectivity index (χ3n) is 4.03. The third kappa shape index (κ3) is 3.23. The van der Waals surface area contributed by atoms with Crippen LogP contribution >= 0.6 is 23.1 Å². The number of H-pyrrole nitrogens is 1. The number of aromatic amines is 1. The minimum atomic E-state index is -0.0531. The zero-order chi connectivity index (χ0) is 17.3. The highest BCUT2D eigenvalue weighted by Gasteiger charge is 2.15. The van der Waals surface area contributed by atoms with Crippen molar-refractivity contribution in [3.63, 3.8) is 0 Å². The number of thioether (sulfide) groups is 1. The minimum Gasteiger partial charge on any atom is -0.309 e. The van der Waals surface area contributed by atoms with Crippen LogP contribution in [0.4, 0.5) is 0 Å². The Hall–Kier alpha value is -2.10. The highest BCUT2D eigenvalue weighted by atomic mass is 32.2. The van der Waals surface area contributed by atoms with Crippen molar-refractivity contribution in [1.29, 1.82) is 5.26 Å². The Morgan fingerprint density at radius 3 is 2.71 bits per heavy atom. The van der Waals surface area contributed by atoms with Gasteiger partial charge >= 0.3 is 0 Å². The van der Waals surface area contributed by atoms with Crippen molar-refractivity contribution in [2.75, 3.05) is 0 Å². The summed E-state index contributed by atoms with van der Waals surface area (Å²) in [6.45, 7) is 6.03. The van der Waals surface area contributed by atoms with E-state index in [4.69, 9.17) is 5.26 Å². The second-order valence-electron chi connectivity index (χ2n) is 5.68. The Morgan fingerprint density at radius 2 is 2.04 bits per heavy atom. The summed E-state index contributed by atoms with van der Waals surface area (Å²) in [6, 6.07) is 9.69. The van der Waals surface area contributed by atoms with E-state index in [1.165, 1.54) is 0 Å². The van der Waals surface area contributed by atoms with Gasteiger partial charge in [0.1, 0.15) is 10.7 Å². The van der Waals surface area contributed by atoms with Crippen molar-refractivity contribution in [3.05, 3.63) is 62.0 Å².